The van der Waals surface area contributed by atoms with Crippen LogP contribution in [0.25, 0.3) is 67.7 Å². The van der Waals surface area contributed by atoms with E-state index in [0.29, 0.717) is 17.5 Å². The highest BCUT2D eigenvalue weighted by Crippen LogP contribution is 2.34. The molecule has 5 aromatic carbocycles. The topological polar surface area (TPSA) is 43.6 Å². The van der Waals surface area contributed by atoms with E-state index >= 15 is 0 Å². The van der Waals surface area contributed by atoms with Crippen LogP contribution in [0.1, 0.15) is 5.56 Å². The Labute approximate surface area is 226 Å². The third kappa shape index (κ3) is 4.09. The van der Waals surface area contributed by atoms with Crippen LogP contribution < -0.4 is 0 Å². The number of aromatic nitrogens is 4. The van der Waals surface area contributed by atoms with Crippen LogP contribution in [0.4, 0.5) is 0 Å². The first-order valence-corrected chi connectivity index (χ1v) is 12.9. The first-order valence-electron chi connectivity index (χ1n) is 12.9. The van der Waals surface area contributed by atoms with Crippen molar-refractivity contribution in [3.8, 4) is 39.9 Å². The molecule has 0 saturated heterocycles. The van der Waals surface area contributed by atoms with E-state index in [1.807, 2.05) is 66.7 Å². The molecule has 0 bridgehead atoms. The maximum Gasteiger partial charge on any atom is 0.164 e. The molecule has 2 aromatic heterocycles. The van der Waals surface area contributed by atoms with Crippen molar-refractivity contribution in [1.82, 2.24) is 19.5 Å². The molecule has 0 N–H and O–H groups in total. The highest BCUT2D eigenvalue weighted by molar-refractivity contribution is 6.09. The Morgan fingerprint density at radius 2 is 0.949 bits per heavy atom. The van der Waals surface area contributed by atoms with Gasteiger partial charge in [-0.2, -0.15) is 0 Å². The number of hydrogen-bond acceptors (Lipinski definition) is 3. The van der Waals surface area contributed by atoms with Crippen molar-refractivity contribution >= 4 is 27.9 Å². The van der Waals surface area contributed by atoms with Gasteiger partial charge in [-0.15, -0.1) is 0 Å². The van der Waals surface area contributed by atoms with E-state index in [0.717, 1.165) is 39.0 Å². The minimum atomic E-state index is 0.619. The standard InChI is InChI=1S/C35H24N4/c1-2-24-21-27(23-28(22-24)39-31-19-11-9-17-29(31)30-18-10-12-20-32(30)39)35-37-33(25-13-5-3-6-14-25)36-34(38-35)26-15-7-4-8-16-26/h2-23H,1H2. The molecule has 7 aromatic rings. The second-order valence-corrected chi connectivity index (χ2v) is 9.43. The van der Waals surface area contributed by atoms with E-state index in [2.05, 4.69) is 77.9 Å². The van der Waals surface area contributed by atoms with Gasteiger partial charge in [-0.05, 0) is 35.9 Å². The second kappa shape index (κ2) is 9.51. The van der Waals surface area contributed by atoms with Crippen molar-refractivity contribution in [3.05, 3.63) is 140 Å². The smallest absolute Gasteiger partial charge is 0.164 e. The minimum Gasteiger partial charge on any atom is -0.309 e. The molecule has 39 heavy (non-hydrogen) atoms. The van der Waals surface area contributed by atoms with Crippen LogP contribution in [-0.2, 0) is 0 Å². The molecule has 0 atom stereocenters. The van der Waals surface area contributed by atoms with Crippen molar-refractivity contribution in [2.24, 2.45) is 0 Å². The largest absolute Gasteiger partial charge is 0.309 e. The minimum absolute atomic E-state index is 0.619. The van der Waals surface area contributed by atoms with Gasteiger partial charge < -0.3 is 4.57 Å². The van der Waals surface area contributed by atoms with Crippen LogP contribution in [0.5, 0.6) is 0 Å². The molecular weight excluding hydrogens is 476 g/mol. The van der Waals surface area contributed by atoms with Crippen LogP contribution in [0.2, 0.25) is 0 Å². The summed E-state index contributed by atoms with van der Waals surface area (Å²) in [6.45, 7) is 4.08. The van der Waals surface area contributed by atoms with E-state index in [9.17, 15) is 0 Å². The third-order valence-electron chi connectivity index (χ3n) is 6.97. The summed E-state index contributed by atoms with van der Waals surface area (Å²) in [5, 5.41) is 2.44. The third-order valence-corrected chi connectivity index (χ3v) is 6.97. The highest BCUT2D eigenvalue weighted by Gasteiger charge is 2.16. The highest BCUT2D eigenvalue weighted by atomic mass is 15.0. The fraction of sp³-hybridized carbons (Fsp3) is 0. The molecule has 0 spiro atoms. The van der Waals surface area contributed by atoms with Crippen LogP contribution in [-0.4, -0.2) is 19.5 Å². The van der Waals surface area contributed by atoms with E-state index in [1.54, 1.807) is 0 Å². The van der Waals surface area contributed by atoms with Crippen LogP contribution >= 0.6 is 0 Å². The van der Waals surface area contributed by atoms with E-state index in [-0.39, 0.29) is 0 Å². The molecule has 0 saturated carbocycles. The van der Waals surface area contributed by atoms with Crippen molar-refractivity contribution in [3.63, 3.8) is 0 Å². The molecule has 184 valence electrons. The second-order valence-electron chi connectivity index (χ2n) is 9.43. The molecule has 0 aliphatic carbocycles. The summed E-state index contributed by atoms with van der Waals surface area (Å²) in [7, 11) is 0. The quantitative estimate of drug-likeness (QED) is 0.238. The number of benzene rings is 5. The Morgan fingerprint density at radius 1 is 0.487 bits per heavy atom. The fourth-order valence-corrected chi connectivity index (χ4v) is 5.15. The Kier molecular flexibility index (Phi) is 5.56. The van der Waals surface area contributed by atoms with Gasteiger partial charge in [0.15, 0.2) is 17.5 Å². The predicted molar refractivity (Wildman–Crippen MR) is 161 cm³/mol. The summed E-state index contributed by atoms with van der Waals surface area (Å²) < 4.78 is 2.30. The molecule has 0 radical (unpaired) electrons. The number of para-hydroxylation sites is 2. The molecule has 0 amide bonds. The van der Waals surface area contributed by atoms with Crippen molar-refractivity contribution in [1.29, 1.82) is 0 Å². The van der Waals surface area contributed by atoms with Crippen LogP contribution in [0, 0.1) is 0 Å². The van der Waals surface area contributed by atoms with E-state index in [4.69, 9.17) is 15.0 Å². The zero-order valence-electron chi connectivity index (χ0n) is 21.2. The molecule has 7 rings (SSSR count). The van der Waals surface area contributed by atoms with Gasteiger partial charge in [-0.3, -0.25) is 0 Å². The molecule has 4 heteroatoms. The maximum absolute atomic E-state index is 4.96. The zero-order valence-corrected chi connectivity index (χ0v) is 21.2. The summed E-state index contributed by atoms with van der Waals surface area (Å²) in [4.78, 5) is 14.8. The lowest BCUT2D eigenvalue weighted by molar-refractivity contribution is 1.07. The molecule has 0 aliphatic heterocycles. The normalized spacial score (nSPS) is 11.2. The predicted octanol–water partition coefficient (Wildman–Crippen LogP) is 8.61. The molecule has 0 aliphatic rings. The average molecular weight is 501 g/mol. The van der Waals surface area contributed by atoms with Gasteiger partial charge in [0, 0.05) is 33.2 Å². The van der Waals surface area contributed by atoms with Gasteiger partial charge in [0.2, 0.25) is 0 Å². The monoisotopic (exact) mass is 500 g/mol. The van der Waals surface area contributed by atoms with Gasteiger partial charge in [-0.25, -0.2) is 15.0 Å². The van der Waals surface area contributed by atoms with Gasteiger partial charge >= 0.3 is 0 Å². The number of rotatable bonds is 5. The van der Waals surface area contributed by atoms with Crippen LogP contribution in [0.15, 0.2) is 134 Å². The Morgan fingerprint density at radius 3 is 1.46 bits per heavy atom. The Hall–Kier alpha value is -5.35. The molecule has 0 unspecified atom stereocenters. The zero-order chi connectivity index (χ0) is 26.2. The first kappa shape index (κ1) is 22.8. The number of nitrogens with zero attached hydrogens (tertiary/aromatic N) is 4. The van der Waals surface area contributed by atoms with Crippen molar-refractivity contribution < 1.29 is 0 Å². The van der Waals surface area contributed by atoms with E-state index in [1.165, 1.54) is 10.8 Å². The lowest BCUT2D eigenvalue weighted by Crippen LogP contribution is -2.01. The number of hydrogen-bond donors (Lipinski definition) is 0. The average Bonchev–Trinajstić information content (AvgIpc) is 3.36. The SMILES string of the molecule is C=Cc1cc(-c2nc(-c3ccccc3)nc(-c3ccccc3)n2)cc(-n2c3ccccc3c3ccccc32)c1. The van der Waals surface area contributed by atoms with Gasteiger partial charge in [-0.1, -0.05) is 110 Å². The van der Waals surface area contributed by atoms with Crippen LogP contribution in [0.3, 0.4) is 0 Å². The Bertz CT molecular complexity index is 1860. The van der Waals surface area contributed by atoms with Gasteiger partial charge in [0.1, 0.15) is 0 Å². The van der Waals surface area contributed by atoms with Gasteiger partial charge in [0.25, 0.3) is 0 Å². The molecule has 0 fully saturated rings. The molecule has 4 nitrogen and oxygen atoms in total. The van der Waals surface area contributed by atoms with E-state index < -0.39 is 0 Å². The lowest BCUT2D eigenvalue weighted by Gasteiger charge is -2.13. The molecular formula is C35H24N4. The van der Waals surface area contributed by atoms with Crippen molar-refractivity contribution in [2.45, 2.75) is 0 Å². The fourth-order valence-electron chi connectivity index (χ4n) is 5.15. The van der Waals surface area contributed by atoms with Crippen molar-refractivity contribution in [2.75, 3.05) is 0 Å². The summed E-state index contributed by atoms with van der Waals surface area (Å²) in [6.07, 6.45) is 1.87. The lowest BCUT2D eigenvalue weighted by atomic mass is 10.1. The summed E-state index contributed by atoms with van der Waals surface area (Å²) in [5.41, 5.74) is 7.12. The maximum atomic E-state index is 4.96. The van der Waals surface area contributed by atoms with Gasteiger partial charge in [0.05, 0.1) is 11.0 Å². The number of fused-ring (bicyclic) bond motifs is 3. The summed E-state index contributed by atoms with van der Waals surface area (Å²) in [6, 6.07) is 43.5. The summed E-state index contributed by atoms with van der Waals surface area (Å²) >= 11 is 0. The molecule has 2 heterocycles. The Balaban J connectivity index is 1.48. The first-order chi connectivity index (χ1) is 19.3. The summed E-state index contributed by atoms with van der Waals surface area (Å²) in [5.74, 6) is 1.90.